The van der Waals surface area contributed by atoms with Crippen LogP contribution in [0.5, 0.6) is 0 Å². The summed E-state index contributed by atoms with van der Waals surface area (Å²) in [6, 6.07) is 0.271. The van der Waals surface area contributed by atoms with Crippen molar-refractivity contribution in [2.45, 2.75) is 19.9 Å². The van der Waals surface area contributed by atoms with E-state index in [0.717, 1.165) is 5.00 Å². The minimum atomic E-state index is -0.529. The first kappa shape index (κ1) is 10.8. The number of nitrogens with zero attached hydrogens (tertiary/aromatic N) is 2. The first-order valence-electron chi connectivity index (χ1n) is 4.23. The van der Waals surface area contributed by atoms with Crippen LogP contribution in [0.3, 0.4) is 0 Å². The third-order valence-electron chi connectivity index (χ3n) is 2.04. The molecule has 5 nitrogen and oxygen atoms in total. The Bertz CT molecular complexity index is 347. The standard InChI is InChI=1S/C8H14N4OS/c1-4(2)12(3)8-5(7(10)13)6(9)11-14-8/h4H,1-3H3,(H2,9,11)(H2,10,13). The predicted octanol–water partition coefficient (Wildman–Crippen LogP) is 0.669. The van der Waals surface area contributed by atoms with E-state index in [1.165, 1.54) is 11.5 Å². The van der Waals surface area contributed by atoms with E-state index in [-0.39, 0.29) is 11.9 Å². The number of hydrogen-bond acceptors (Lipinski definition) is 5. The fourth-order valence-electron chi connectivity index (χ4n) is 1.00. The summed E-state index contributed by atoms with van der Waals surface area (Å²) >= 11 is 1.19. The molecule has 0 aliphatic heterocycles. The van der Waals surface area contributed by atoms with Crippen LogP contribution in [0.1, 0.15) is 24.2 Å². The van der Waals surface area contributed by atoms with E-state index in [9.17, 15) is 4.79 Å². The molecule has 1 aromatic rings. The van der Waals surface area contributed by atoms with Gasteiger partial charge in [0.05, 0.1) is 0 Å². The highest BCUT2D eigenvalue weighted by Gasteiger charge is 2.20. The highest BCUT2D eigenvalue weighted by Crippen LogP contribution is 2.30. The summed E-state index contributed by atoms with van der Waals surface area (Å²) in [6.07, 6.45) is 0. The molecular formula is C8H14N4OS. The molecule has 6 heteroatoms. The van der Waals surface area contributed by atoms with Gasteiger partial charge in [-0.25, -0.2) is 0 Å². The average Bonchev–Trinajstić information content (AvgIpc) is 2.45. The molecule has 0 aromatic carbocycles. The number of amides is 1. The van der Waals surface area contributed by atoms with Gasteiger partial charge in [0.25, 0.3) is 5.91 Å². The molecule has 4 N–H and O–H groups in total. The average molecular weight is 214 g/mol. The van der Waals surface area contributed by atoms with Gasteiger partial charge in [0.1, 0.15) is 10.6 Å². The number of carbonyl (C=O) groups excluding carboxylic acids is 1. The molecule has 0 atom stereocenters. The lowest BCUT2D eigenvalue weighted by atomic mass is 10.2. The fourth-order valence-corrected chi connectivity index (χ4v) is 1.91. The van der Waals surface area contributed by atoms with Gasteiger partial charge in [0.15, 0.2) is 5.82 Å². The molecule has 0 saturated heterocycles. The smallest absolute Gasteiger partial charge is 0.255 e. The summed E-state index contributed by atoms with van der Waals surface area (Å²) in [6.45, 7) is 4.03. The molecule has 0 radical (unpaired) electrons. The van der Waals surface area contributed by atoms with Crippen molar-refractivity contribution < 1.29 is 4.79 Å². The van der Waals surface area contributed by atoms with Crippen LogP contribution in [0.2, 0.25) is 0 Å². The van der Waals surface area contributed by atoms with E-state index in [0.29, 0.717) is 5.56 Å². The Morgan fingerprint density at radius 3 is 2.57 bits per heavy atom. The molecule has 0 aliphatic rings. The number of nitrogens with two attached hydrogens (primary N) is 2. The summed E-state index contributed by atoms with van der Waals surface area (Å²) < 4.78 is 3.92. The van der Waals surface area contributed by atoms with Gasteiger partial charge in [-0.3, -0.25) is 4.79 Å². The van der Waals surface area contributed by atoms with Crippen molar-refractivity contribution in [1.82, 2.24) is 4.37 Å². The lowest BCUT2D eigenvalue weighted by Crippen LogP contribution is -2.27. The summed E-state index contributed by atoms with van der Waals surface area (Å²) in [5, 5.41) is 0.727. The van der Waals surface area contributed by atoms with E-state index in [1.807, 2.05) is 25.8 Å². The quantitative estimate of drug-likeness (QED) is 0.774. The van der Waals surface area contributed by atoms with Crippen LogP contribution in [0.4, 0.5) is 10.8 Å². The second-order valence-electron chi connectivity index (χ2n) is 3.32. The van der Waals surface area contributed by atoms with Crippen molar-refractivity contribution in [3.63, 3.8) is 0 Å². The van der Waals surface area contributed by atoms with Crippen molar-refractivity contribution in [3.05, 3.63) is 5.56 Å². The van der Waals surface area contributed by atoms with E-state index < -0.39 is 5.91 Å². The van der Waals surface area contributed by atoms with E-state index in [1.54, 1.807) is 0 Å². The zero-order chi connectivity index (χ0) is 10.9. The Labute approximate surface area is 86.9 Å². The molecule has 78 valence electrons. The van der Waals surface area contributed by atoms with Gasteiger partial charge < -0.3 is 16.4 Å². The lowest BCUT2D eigenvalue weighted by molar-refractivity contribution is 0.100. The number of carbonyl (C=O) groups is 1. The zero-order valence-electron chi connectivity index (χ0n) is 8.44. The van der Waals surface area contributed by atoms with E-state index in [2.05, 4.69) is 4.37 Å². The first-order chi connectivity index (χ1) is 6.45. The molecule has 0 aliphatic carbocycles. The Morgan fingerprint density at radius 2 is 2.14 bits per heavy atom. The molecule has 0 saturated carbocycles. The second kappa shape index (κ2) is 3.83. The Balaban J connectivity index is 3.15. The van der Waals surface area contributed by atoms with Crippen molar-refractivity contribution in [2.75, 3.05) is 17.7 Å². The van der Waals surface area contributed by atoms with Crippen LogP contribution < -0.4 is 16.4 Å². The summed E-state index contributed by atoms with van der Waals surface area (Å²) in [4.78, 5) is 13.0. The van der Waals surface area contributed by atoms with E-state index in [4.69, 9.17) is 11.5 Å². The fraction of sp³-hybridized carbons (Fsp3) is 0.500. The molecular weight excluding hydrogens is 200 g/mol. The topological polar surface area (TPSA) is 85.2 Å². The molecule has 0 spiro atoms. The second-order valence-corrected chi connectivity index (χ2v) is 4.07. The van der Waals surface area contributed by atoms with Crippen LogP contribution >= 0.6 is 11.5 Å². The number of primary amides is 1. The minimum Gasteiger partial charge on any atom is -0.382 e. The van der Waals surface area contributed by atoms with Crippen LogP contribution in [-0.2, 0) is 0 Å². The number of hydrogen-bond donors (Lipinski definition) is 2. The van der Waals surface area contributed by atoms with Gasteiger partial charge in [0, 0.05) is 13.1 Å². The van der Waals surface area contributed by atoms with Gasteiger partial charge in [0.2, 0.25) is 0 Å². The minimum absolute atomic E-state index is 0.213. The summed E-state index contributed by atoms with van der Waals surface area (Å²) in [7, 11) is 1.88. The maximum absolute atomic E-state index is 11.1. The summed E-state index contributed by atoms with van der Waals surface area (Å²) in [5.74, 6) is -0.316. The SMILES string of the molecule is CC(C)N(C)c1snc(N)c1C(N)=O. The molecule has 0 unspecified atom stereocenters. The molecule has 1 amide bonds. The maximum Gasteiger partial charge on any atom is 0.255 e. The molecule has 0 fully saturated rings. The van der Waals surface area contributed by atoms with Crippen molar-refractivity contribution >= 4 is 28.3 Å². The maximum atomic E-state index is 11.1. The number of anilines is 2. The van der Waals surface area contributed by atoms with Crippen LogP contribution in [0.15, 0.2) is 0 Å². The highest BCUT2D eigenvalue weighted by atomic mass is 32.1. The van der Waals surface area contributed by atoms with Crippen molar-refractivity contribution in [1.29, 1.82) is 0 Å². The number of nitrogen functional groups attached to an aromatic ring is 1. The van der Waals surface area contributed by atoms with Gasteiger partial charge in [-0.05, 0) is 25.4 Å². The van der Waals surface area contributed by atoms with Gasteiger partial charge >= 0.3 is 0 Å². The van der Waals surface area contributed by atoms with Crippen LogP contribution in [-0.4, -0.2) is 23.4 Å². The Kier molecular flexibility index (Phi) is 2.95. The molecule has 0 bridgehead atoms. The number of rotatable bonds is 3. The van der Waals surface area contributed by atoms with Crippen LogP contribution in [0.25, 0.3) is 0 Å². The lowest BCUT2D eigenvalue weighted by Gasteiger charge is -2.21. The van der Waals surface area contributed by atoms with Crippen molar-refractivity contribution in [2.24, 2.45) is 5.73 Å². The normalized spacial score (nSPS) is 10.6. The van der Waals surface area contributed by atoms with Crippen molar-refractivity contribution in [3.8, 4) is 0 Å². The third-order valence-corrected chi connectivity index (χ3v) is 2.99. The third kappa shape index (κ3) is 1.79. The van der Waals surface area contributed by atoms with Gasteiger partial charge in [-0.2, -0.15) is 4.37 Å². The monoisotopic (exact) mass is 214 g/mol. The Hall–Kier alpha value is -1.30. The highest BCUT2D eigenvalue weighted by molar-refractivity contribution is 7.11. The molecule has 1 rings (SSSR count). The molecule has 1 heterocycles. The number of aromatic nitrogens is 1. The summed E-state index contributed by atoms with van der Waals surface area (Å²) in [5.41, 5.74) is 11.1. The largest absolute Gasteiger partial charge is 0.382 e. The first-order valence-corrected chi connectivity index (χ1v) is 5.00. The van der Waals surface area contributed by atoms with Gasteiger partial charge in [-0.15, -0.1) is 0 Å². The van der Waals surface area contributed by atoms with Crippen LogP contribution in [0, 0.1) is 0 Å². The van der Waals surface area contributed by atoms with Gasteiger partial charge in [-0.1, -0.05) is 0 Å². The predicted molar refractivity (Wildman–Crippen MR) is 58.6 cm³/mol. The molecule has 1 aromatic heterocycles. The Morgan fingerprint density at radius 1 is 1.57 bits per heavy atom. The van der Waals surface area contributed by atoms with E-state index >= 15 is 0 Å². The zero-order valence-corrected chi connectivity index (χ0v) is 9.26. The molecule has 14 heavy (non-hydrogen) atoms.